The maximum atomic E-state index is 12.4. The van der Waals surface area contributed by atoms with Crippen LogP contribution < -0.4 is 0 Å². The van der Waals surface area contributed by atoms with Crippen molar-refractivity contribution in [2.75, 3.05) is 6.54 Å². The molecular formula is C16H18N2OS. The molecule has 1 saturated heterocycles. The molecular weight excluding hydrogens is 268 g/mol. The van der Waals surface area contributed by atoms with Gasteiger partial charge in [0.15, 0.2) is 0 Å². The van der Waals surface area contributed by atoms with Crippen LogP contribution in [0.4, 0.5) is 0 Å². The van der Waals surface area contributed by atoms with Crippen molar-refractivity contribution in [3.8, 4) is 0 Å². The van der Waals surface area contributed by atoms with E-state index < -0.39 is 0 Å². The smallest absolute Gasteiger partial charge is 0.223 e. The second-order valence-electron chi connectivity index (χ2n) is 5.16. The predicted molar refractivity (Wildman–Crippen MR) is 80.6 cm³/mol. The molecule has 0 aromatic carbocycles. The standard InChI is InChI=1S/C16H18N2OS/c19-16(4-3-13-7-11-20-12-13)18-10-1-2-15(18)14-5-8-17-9-6-14/h5-9,11-12,15H,1-4,10H2/t15-/m1/s1. The molecule has 0 unspecified atom stereocenters. The third-order valence-corrected chi connectivity index (χ3v) is 4.60. The number of hydrogen-bond donors (Lipinski definition) is 0. The van der Waals surface area contributed by atoms with E-state index in [1.54, 1.807) is 11.3 Å². The molecule has 0 saturated carbocycles. The normalized spacial score (nSPS) is 18.4. The number of aromatic nitrogens is 1. The molecule has 1 atom stereocenters. The molecule has 2 aromatic heterocycles. The van der Waals surface area contributed by atoms with Crippen LogP contribution >= 0.6 is 11.3 Å². The number of carbonyl (C=O) groups excluding carboxylic acids is 1. The average molecular weight is 286 g/mol. The molecule has 1 fully saturated rings. The Balaban J connectivity index is 1.64. The lowest BCUT2D eigenvalue weighted by Gasteiger charge is -2.25. The van der Waals surface area contributed by atoms with Crippen LogP contribution in [0.5, 0.6) is 0 Å². The van der Waals surface area contributed by atoms with Gasteiger partial charge in [0.1, 0.15) is 0 Å². The van der Waals surface area contributed by atoms with E-state index in [-0.39, 0.29) is 11.9 Å². The van der Waals surface area contributed by atoms with Crippen LogP contribution in [0.25, 0.3) is 0 Å². The third kappa shape index (κ3) is 2.90. The van der Waals surface area contributed by atoms with E-state index in [0.717, 1.165) is 25.8 Å². The first-order valence-corrected chi connectivity index (χ1v) is 7.99. The Labute approximate surface area is 123 Å². The van der Waals surface area contributed by atoms with Gasteiger partial charge >= 0.3 is 0 Å². The number of hydrogen-bond acceptors (Lipinski definition) is 3. The van der Waals surface area contributed by atoms with E-state index in [9.17, 15) is 4.79 Å². The molecule has 4 heteroatoms. The average Bonchev–Trinajstić information content (AvgIpc) is 3.17. The van der Waals surface area contributed by atoms with E-state index in [1.165, 1.54) is 11.1 Å². The highest BCUT2D eigenvalue weighted by atomic mass is 32.1. The molecule has 3 heterocycles. The van der Waals surface area contributed by atoms with Crippen molar-refractivity contribution < 1.29 is 4.79 Å². The van der Waals surface area contributed by atoms with Crippen LogP contribution in [-0.4, -0.2) is 22.3 Å². The van der Waals surface area contributed by atoms with Gasteiger partial charge in [0.2, 0.25) is 5.91 Å². The summed E-state index contributed by atoms with van der Waals surface area (Å²) in [6, 6.07) is 6.39. The molecule has 1 aliphatic heterocycles. The highest BCUT2D eigenvalue weighted by Crippen LogP contribution is 2.32. The van der Waals surface area contributed by atoms with Crippen molar-refractivity contribution in [1.29, 1.82) is 0 Å². The molecule has 0 N–H and O–H groups in total. The van der Waals surface area contributed by atoms with Crippen molar-refractivity contribution in [2.24, 2.45) is 0 Å². The van der Waals surface area contributed by atoms with Crippen molar-refractivity contribution in [2.45, 2.75) is 31.7 Å². The minimum absolute atomic E-state index is 0.243. The summed E-state index contributed by atoms with van der Waals surface area (Å²) < 4.78 is 0. The highest BCUT2D eigenvalue weighted by Gasteiger charge is 2.29. The van der Waals surface area contributed by atoms with Gasteiger partial charge in [-0.25, -0.2) is 0 Å². The summed E-state index contributed by atoms with van der Waals surface area (Å²) in [5.74, 6) is 0.274. The number of rotatable bonds is 4. The molecule has 0 aliphatic carbocycles. The largest absolute Gasteiger partial charge is 0.336 e. The summed E-state index contributed by atoms with van der Waals surface area (Å²) in [6.45, 7) is 0.884. The van der Waals surface area contributed by atoms with E-state index in [2.05, 4.69) is 21.8 Å². The van der Waals surface area contributed by atoms with Gasteiger partial charge in [0, 0.05) is 25.4 Å². The second kappa shape index (κ2) is 6.18. The Bertz CT molecular complexity index is 553. The predicted octanol–water partition coefficient (Wildman–Crippen LogP) is 3.44. The zero-order chi connectivity index (χ0) is 13.8. The maximum Gasteiger partial charge on any atom is 0.223 e. The van der Waals surface area contributed by atoms with Gasteiger partial charge in [0.25, 0.3) is 0 Å². The zero-order valence-corrected chi connectivity index (χ0v) is 12.2. The molecule has 1 aliphatic rings. The Hall–Kier alpha value is -1.68. The fraction of sp³-hybridized carbons (Fsp3) is 0.375. The molecule has 3 rings (SSSR count). The Morgan fingerprint density at radius 1 is 1.35 bits per heavy atom. The number of thiophene rings is 1. The first-order chi connectivity index (χ1) is 9.84. The SMILES string of the molecule is O=C(CCc1ccsc1)N1CCC[C@@H]1c1ccncc1. The maximum absolute atomic E-state index is 12.4. The summed E-state index contributed by atoms with van der Waals surface area (Å²) in [4.78, 5) is 18.5. The minimum atomic E-state index is 0.243. The molecule has 0 spiro atoms. The lowest BCUT2D eigenvalue weighted by molar-refractivity contribution is -0.132. The summed E-state index contributed by atoms with van der Waals surface area (Å²) in [7, 11) is 0. The van der Waals surface area contributed by atoms with Crippen LogP contribution in [-0.2, 0) is 11.2 Å². The van der Waals surface area contributed by atoms with Crippen LogP contribution in [0.3, 0.4) is 0 Å². The van der Waals surface area contributed by atoms with Crippen molar-refractivity contribution >= 4 is 17.2 Å². The first-order valence-electron chi connectivity index (χ1n) is 7.05. The van der Waals surface area contributed by atoms with Gasteiger partial charge in [-0.2, -0.15) is 11.3 Å². The highest BCUT2D eigenvalue weighted by molar-refractivity contribution is 7.07. The van der Waals surface area contributed by atoms with E-state index in [1.807, 2.05) is 29.4 Å². The lowest BCUT2D eigenvalue weighted by Crippen LogP contribution is -2.30. The quantitative estimate of drug-likeness (QED) is 0.862. The molecule has 20 heavy (non-hydrogen) atoms. The van der Waals surface area contributed by atoms with Gasteiger partial charge in [0.05, 0.1) is 6.04 Å². The van der Waals surface area contributed by atoms with Crippen LogP contribution in [0, 0.1) is 0 Å². The number of carbonyl (C=O) groups is 1. The Morgan fingerprint density at radius 2 is 2.20 bits per heavy atom. The monoisotopic (exact) mass is 286 g/mol. The summed E-state index contributed by atoms with van der Waals surface area (Å²) in [6.07, 6.45) is 7.23. The topological polar surface area (TPSA) is 33.2 Å². The molecule has 0 radical (unpaired) electrons. The van der Waals surface area contributed by atoms with E-state index >= 15 is 0 Å². The molecule has 2 aromatic rings. The zero-order valence-electron chi connectivity index (χ0n) is 11.4. The molecule has 104 valence electrons. The van der Waals surface area contributed by atoms with Gasteiger partial charge in [-0.1, -0.05) is 0 Å². The van der Waals surface area contributed by atoms with Gasteiger partial charge in [-0.05, 0) is 59.3 Å². The summed E-state index contributed by atoms with van der Waals surface area (Å²) in [5, 5.41) is 4.19. The van der Waals surface area contributed by atoms with Gasteiger partial charge in [-0.15, -0.1) is 0 Å². The molecule has 1 amide bonds. The Kier molecular flexibility index (Phi) is 4.11. The fourth-order valence-corrected chi connectivity index (χ4v) is 3.53. The van der Waals surface area contributed by atoms with E-state index in [4.69, 9.17) is 0 Å². The molecule has 0 bridgehead atoms. The number of pyridine rings is 1. The number of aryl methyl sites for hydroxylation is 1. The van der Waals surface area contributed by atoms with Crippen molar-refractivity contribution in [1.82, 2.24) is 9.88 Å². The second-order valence-corrected chi connectivity index (χ2v) is 5.94. The number of nitrogens with zero attached hydrogens (tertiary/aromatic N) is 2. The summed E-state index contributed by atoms with van der Waals surface area (Å²) >= 11 is 1.69. The van der Waals surface area contributed by atoms with Crippen LogP contribution in [0.15, 0.2) is 41.4 Å². The van der Waals surface area contributed by atoms with Crippen LogP contribution in [0.2, 0.25) is 0 Å². The lowest BCUT2D eigenvalue weighted by atomic mass is 10.1. The van der Waals surface area contributed by atoms with Crippen molar-refractivity contribution in [3.05, 3.63) is 52.5 Å². The molecule has 3 nitrogen and oxygen atoms in total. The number of likely N-dealkylation sites (tertiary alicyclic amines) is 1. The van der Waals surface area contributed by atoms with E-state index in [0.29, 0.717) is 6.42 Å². The fourth-order valence-electron chi connectivity index (χ4n) is 2.83. The number of amides is 1. The first kappa shape index (κ1) is 13.3. The minimum Gasteiger partial charge on any atom is -0.336 e. The van der Waals surface area contributed by atoms with Gasteiger partial charge in [-0.3, -0.25) is 9.78 Å². The van der Waals surface area contributed by atoms with Crippen molar-refractivity contribution in [3.63, 3.8) is 0 Å². The van der Waals surface area contributed by atoms with Gasteiger partial charge < -0.3 is 4.90 Å². The van der Waals surface area contributed by atoms with Crippen LogP contribution in [0.1, 0.15) is 36.4 Å². The summed E-state index contributed by atoms with van der Waals surface area (Å²) in [5.41, 5.74) is 2.48. The third-order valence-electron chi connectivity index (χ3n) is 3.87. The Morgan fingerprint density at radius 3 is 2.95 bits per heavy atom.